The van der Waals surface area contributed by atoms with Crippen LogP contribution in [0.4, 0.5) is 5.69 Å². The Morgan fingerprint density at radius 2 is 2.00 bits per heavy atom. The van der Waals surface area contributed by atoms with Crippen LogP contribution in [-0.4, -0.2) is 22.7 Å². The minimum absolute atomic E-state index is 0.0538. The highest BCUT2D eigenvalue weighted by molar-refractivity contribution is 5.92. The number of amides is 1. The highest BCUT2D eigenvalue weighted by atomic mass is 16.5. The summed E-state index contributed by atoms with van der Waals surface area (Å²) in [5.41, 5.74) is 2.57. The predicted molar refractivity (Wildman–Crippen MR) is 106 cm³/mol. The molecule has 1 heterocycles. The zero-order valence-corrected chi connectivity index (χ0v) is 15.9. The molecule has 0 spiro atoms. The molecule has 144 valence electrons. The highest BCUT2D eigenvalue weighted by Crippen LogP contribution is 2.34. The zero-order chi connectivity index (χ0) is 19.3. The number of nitrogens with one attached hydrogen (secondary N) is 1. The highest BCUT2D eigenvalue weighted by Gasteiger charge is 2.23. The lowest BCUT2D eigenvalue weighted by atomic mass is 10.1. The number of anilines is 1. The molecular formula is C22H23N3O3. The SMILES string of the molecule is Cc1cccc(OCC(=O)Nc2cccc(-c3noc(C4CCCC4)n3)c2)c1. The predicted octanol–water partition coefficient (Wildman–Crippen LogP) is 4.72. The van der Waals surface area contributed by atoms with Crippen molar-refractivity contribution in [3.63, 3.8) is 0 Å². The molecule has 1 N–H and O–H groups in total. The van der Waals surface area contributed by atoms with Crippen molar-refractivity contribution in [1.82, 2.24) is 10.1 Å². The van der Waals surface area contributed by atoms with Gasteiger partial charge in [0.2, 0.25) is 11.7 Å². The van der Waals surface area contributed by atoms with Crippen LogP contribution in [0.25, 0.3) is 11.4 Å². The minimum atomic E-state index is -0.224. The molecule has 1 aromatic heterocycles. The van der Waals surface area contributed by atoms with Crippen LogP contribution < -0.4 is 10.1 Å². The maximum Gasteiger partial charge on any atom is 0.262 e. The second-order valence-electron chi connectivity index (χ2n) is 7.17. The number of ether oxygens (including phenoxy) is 1. The van der Waals surface area contributed by atoms with Gasteiger partial charge >= 0.3 is 0 Å². The molecule has 3 aromatic rings. The van der Waals surface area contributed by atoms with E-state index in [-0.39, 0.29) is 12.5 Å². The Hall–Kier alpha value is -3.15. The fourth-order valence-electron chi connectivity index (χ4n) is 3.48. The molecule has 4 rings (SSSR count). The van der Waals surface area contributed by atoms with Crippen LogP contribution in [-0.2, 0) is 4.79 Å². The summed E-state index contributed by atoms with van der Waals surface area (Å²) in [7, 11) is 0. The second-order valence-corrected chi connectivity index (χ2v) is 7.17. The average Bonchev–Trinajstić information content (AvgIpc) is 3.38. The van der Waals surface area contributed by atoms with Crippen LogP contribution in [0, 0.1) is 6.92 Å². The molecule has 0 bridgehead atoms. The van der Waals surface area contributed by atoms with Crippen molar-refractivity contribution in [3.8, 4) is 17.1 Å². The number of hydrogen-bond donors (Lipinski definition) is 1. The molecule has 0 unspecified atom stereocenters. The van der Waals surface area contributed by atoms with Crippen LogP contribution in [0.2, 0.25) is 0 Å². The minimum Gasteiger partial charge on any atom is -0.484 e. The third-order valence-corrected chi connectivity index (χ3v) is 4.91. The summed E-state index contributed by atoms with van der Waals surface area (Å²) in [4.78, 5) is 16.8. The molecule has 1 aliphatic carbocycles. The van der Waals surface area contributed by atoms with Gasteiger partial charge < -0.3 is 14.6 Å². The molecule has 0 saturated heterocycles. The first-order valence-corrected chi connectivity index (χ1v) is 9.61. The molecule has 1 fully saturated rings. The van der Waals surface area contributed by atoms with Gasteiger partial charge in [-0.05, 0) is 49.6 Å². The number of benzene rings is 2. The van der Waals surface area contributed by atoms with E-state index in [4.69, 9.17) is 9.26 Å². The molecule has 1 amide bonds. The van der Waals surface area contributed by atoms with Gasteiger partial charge in [0.15, 0.2) is 6.61 Å². The van der Waals surface area contributed by atoms with Crippen molar-refractivity contribution in [2.75, 3.05) is 11.9 Å². The van der Waals surface area contributed by atoms with E-state index in [1.54, 1.807) is 0 Å². The zero-order valence-electron chi connectivity index (χ0n) is 15.9. The van der Waals surface area contributed by atoms with Crippen molar-refractivity contribution in [2.24, 2.45) is 0 Å². The van der Waals surface area contributed by atoms with Crippen LogP contribution >= 0.6 is 0 Å². The van der Waals surface area contributed by atoms with E-state index in [9.17, 15) is 4.79 Å². The third-order valence-electron chi connectivity index (χ3n) is 4.91. The summed E-state index contributed by atoms with van der Waals surface area (Å²) >= 11 is 0. The van der Waals surface area contributed by atoms with Gasteiger partial charge in [0, 0.05) is 17.2 Å². The van der Waals surface area contributed by atoms with E-state index in [2.05, 4.69) is 15.5 Å². The lowest BCUT2D eigenvalue weighted by Crippen LogP contribution is -2.20. The van der Waals surface area contributed by atoms with Crippen LogP contribution in [0.5, 0.6) is 5.75 Å². The topological polar surface area (TPSA) is 77.2 Å². The van der Waals surface area contributed by atoms with E-state index >= 15 is 0 Å². The maximum absolute atomic E-state index is 12.2. The molecule has 6 heteroatoms. The van der Waals surface area contributed by atoms with Gasteiger partial charge in [-0.3, -0.25) is 4.79 Å². The first kappa shape index (κ1) is 18.2. The van der Waals surface area contributed by atoms with Crippen molar-refractivity contribution in [2.45, 2.75) is 38.5 Å². The Bertz CT molecular complexity index is 961. The largest absolute Gasteiger partial charge is 0.484 e. The summed E-state index contributed by atoms with van der Waals surface area (Å²) < 4.78 is 11.0. The number of carbonyl (C=O) groups is 1. The molecule has 1 aliphatic rings. The Labute approximate surface area is 163 Å². The van der Waals surface area contributed by atoms with E-state index in [0.717, 1.165) is 24.0 Å². The van der Waals surface area contributed by atoms with Crippen molar-refractivity contribution in [3.05, 3.63) is 60.0 Å². The van der Waals surface area contributed by atoms with Gasteiger partial charge in [0.05, 0.1) is 0 Å². The van der Waals surface area contributed by atoms with Gasteiger partial charge in [0.1, 0.15) is 5.75 Å². The number of rotatable bonds is 6. The van der Waals surface area contributed by atoms with E-state index in [1.165, 1.54) is 12.8 Å². The third kappa shape index (κ3) is 4.39. The number of nitrogens with zero attached hydrogens (tertiary/aromatic N) is 2. The van der Waals surface area contributed by atoms with Gasteiger partial charge in [-0.25, -0.2) is 0 Å². The molecule has 0 aliphatic heterocycles. The molecular weight excluding hydrogens is 354 g/mol. The molecule has 6 nitrogen and oxygen atoms in total. The quantitative estimate of drug-likeness (QED) is 0.672. The fourth-order valence-corrected chi connectivity index (χ4v) is 3.48. The normalized spacial score (nSPS) is 14.2. The molecule has 0 atom stereocenters. The van der Waals surface area contributed by atoms with Gasteiger partial charge in [-0.2, -0.15) is 4.98 Å². The number of aryl methyl sites for hydroxylation is 1. The first-order valence-electron chi connectivity index (χ1n) is 9.61. The van der Waals surface area contributed by atoms with Crippen LogP contribution in [0.1, 0.15) is 43.1 Å². The van der Waals surface area contributed by atoms with E-state index in [1.807, 2.05) is 55.5 Å². The molecule has 28 heavy (non-hydrogen) atoms. The summed E-state index contributed by atoms with van der Waals surface area (Å²) in [6.07, 6.45) is 4.65. The van der Waals surface area contributed by atoms with Crippen molar-refractivity contribution < 1.29 is 14.1 Å². The number of aromatic nitrogens is 2. The van der Waals surface area contributed by atoms with Crippen molar-refractivity contribution >= 4 is 11.6 Å². The Kier molecular flexibility index (Phi) is 5.37. The van der Waals surface area contributed by atoms with Crippen LogP contribution in [0.15, 0.2) is 53.1 Å². The molecule has 1 saturated carbocycles. The molecule has 0 radical (unpaired) electrons. The monoisotopic (exact) mass is 377 g/mol. The summed E-state index contributed by atoms with van der Waals surface area (Å²) in [5, 5.41) is 6.96. The average molecular weight is 377 g/mol. The number of hydrogen-bond acceptors (Lipinski definition) is 5. The summed E-state index contributed by atoms with van der Waals surface area (Å²) in [6.45, 7) is 1.93. The Morgan fingerprint density at radius 3 is 2.82 bits per heavy atom. The van der Waals surface area contributed by atoms with Crippen LogP contribution in [0.3, 0.4) is 0 Å². The standard InChI is InChI=1S/C22H23N3O3/c1-15-6-4-11-19(12-15)27-14-20(26)23-18-10-5-9-17(13-18)21-24-22(28-25-21)16-7-2-3-8-16/h4-6,9-13,16H,2-3,7-8,14H2,1H3,(H,23,26). The maximum atomic E-state index is 12.2. The second kappa shape index (κ2) is 8.25. The summed E-state index contributed by atoms with van der Waals surface area (Å²) in [5.74, 6) is 2.10. The first-order chi connectivity index (χ1) is 13.7. The summed E-state index contributed by atoms with van der Waals surface area (Å²) in [6, 6.07) is 15.0. The molecule has 2 aromatic carbocycles. The number of carbonyl (C=O) groups excluding carboxylic acids is 1. The lowest BCUT2D eigenvalue weighted by Gasteiger charge is -2.08. The smallest absolute Gasteiger partial charge is 0.262 e. The van der Waals surface area contributed by atoms with Gasteiger partial charge in [-0.15, -0.1) is 0 Å². The fraction of sp³-hybridized carbons (Fsp3) is 0.318. The lowest BCUT2D eigenvalue weighted by molar-refractivity contribution is -0.118. The Morgan fingerprint density at radius 1 is 1.18 bits per heavy atom. The van der Waals surface area contributed by atoms with Crippen molar-refractivity contribution in [1.29, 1.82) is 0 Å². The van der Waals surface area contributed by atoms with E-state index < -0.39 is 0 Å². The Balaban J connectivity index is 1.38. The van der Waals surface area contributed by atoms with Gasteiger partial charge in [-0.1, -0.05) is 42.3 Å². The van der Waals surface area contributed by atoms with E-state index in [0.29, 0.717) is 29.1 Å². The van der Waals surface area contributed by atoms with Gasteiger partial charge in [0.25, 0.3) is 5.91 Å².